The molecule has 0 fully saturated rings. The lowest BCUT2D eigenvalue weighted by molar-refractivity contribution is 0.0730. The van der Waals surface area contributed by atoms with Gasteiger partial charge in [-0.3, -0.25) is 0 Å². The van der Waals surface area contributed by atoms with Crippen LogP contribution in [0.15, 0.2) is 35.0 Å². The van der Waals surface area contributed by atoms with Crippen molar-refractivity contribution in [2.75, 3.05) is 7.11 Å². The lowest BCUT2D eigenvalue weighted by Gasteiger charge is -2.08. The summed E-state index contributed by atoms with van der Waals surface area (Å²) < 4.78 is 10.3. The molecule has 5 heteroatoms. The number of carbonyl (C=O) groups excluding carboxylic acids is 1. The van der Waals surface area contributed by atoms with Crippen LogP contribution in [0.5, 0.6) is 11.5 Å². The van der Waals surface area contributed by atoms with Crippen LogP contribution in [0.2, 0.25) is 0 Å². The SMILES string of the molecule is COc1cc(C#N)ccc1OC(=O)c1ccsc1. The molecule has 90 valence electrons. The first-order chi connectivity index (χ1) is 8.74. The Bertz CT molecular complexity index is 599. The fourth-order valence-corrected chi connectivity index (χ4v) is 1.99. The van der Waals surface area contributed by atoms with E-state index in [1.165, 1.54) is 24.5 Å². The highest BCUT2D eigenvalue weighted by Gasteiger charge is 2.13. The van der Waals surface area contributed by atoms with Gasteiger partial charge in [0.25, 0.3) is 0 Å². The summed E-state index contributed by atoms with van der Waals surface area (Å²) in [5.74, 6) is 0.213. The number of hydrogen-bond acceptors (Lipinski definition) is 5. The number of nitrogens with zero attached hydrogens (tertiary/aromatic N) is 1. The molecule has 0 N–H and O–H groups in total. The van der Waals surface area contributed by atoms with Gasteiger partial charge in [-0.15, -0.1) is 0 Å². The second-order valence-electron chi connectivity index (χ2n) is 3.38. The Morgan fingerprint density at radius 1 is 1.33 bits per heavy atom. The largest absolute Gasteiger partial charge is 0.493 e. The zero-order valence-electron chi connectivity index (χ0n) is 9.54. The molecule has 18 heavy (non-hydrogen) atoms. The van der Waals surface area contributed by atoms with E-state index < -0.39 is 5.97 Å². The molecule has 2 aromatic rings. The van der Waals surface area contributed by atoms with Crippen LogP contribution in [0.1, 0.15) is 15.9 Å². The number of thiophene rings is 1. The first-order valence-corrected chi connectivity index (χ1v) is 6.01. The summed E-state index contributed by atoms with van der Waals surface area (Å²) in [6.45, 7) is 0. The van der Waals surface area contributed by atoms with Crippen molar-refractivity contribution < 1.29 is 14.3 Å². The van der Waals surface area contributed by atoms with Gasteiger partial charge in [0.1, 0.15) is 0 Å². The van der Waals surface area contributed by atoms with Gasteiger partial charge in [0.05, 0.1) is 24.3 Å². The molecule has 0 aliphatic heterocycles. The zero-order chi connectivity index (χ0) is 13.0. The monoisotopic (exact) mass is 259 g/mol. The first kappa shape index (κ1) is 12.1. The minimum Gasteiger partial charge on any atom is -0.493 e. The van der Waals surface area contributed by atoms with Crippen molar-refractivity contribution in [3.63, 3.8) is 0 Å². The Kier molecular flexibility index (Phi) is 3.60. The van der Waals surface area contributed by atoms with E-state index in [-0.39, 0.29) is 0 Å². The number of nitriles is 1. The van der Waals surface area contributed by atoms with Crippen LogP contribution in [0.3, 0.4) is 0 Å². The number of hydrogen-bond donors (Lipinski definition) is 0. The zero-order valence-corrected chi connectivity index (χ0v) is 10.4. The van der Waals surface area contributed by atoms with E-state index in [0.717, 1.165) is 0 Å². The molecule has 0 unspecified atom stereocenters. The van der Waals surface area contributed by atoms with Crippen LogP contribution in [0.4, 0.5) is 0 Å². The number of esters is 1. The van der Waals surface area contributed by atoms with Gasteiger partial charge in [-0.25, -0.2) is 4.79 Å². The second kappa shape index (κ2) is 5.34. The summed E-state index contributed by atoms with van der Waals surface area (Å²) in [6.07, 6.45) is 0. The van der Waals surface area contributed by atoms with Crippen molar-refractivity contribution in [2.24, 2.45) is 0 Å². The van der Waals surface area contributed by atoms with Gasteiger partial charge in [-0.1, -0.05) is 0 Å². The Hall–Kier alpha value is -2.32. The van der Waals surface area contributed by atoms with Gasteiger partial charge in [0.2, 0.25) is 0 Å². The highest BCUT2D eigenvalue weighted by molar-refractivity contribution is 7.08. The van der Waals surface area contributed by atoms with E-state index in [0.29, 0.717) is 22.6 Å². The fourth-order valence-electron chi connectivity index (χ4n) is 1.36. The molecule has 0 spiro atoms. The van der Waals surface area contributed by atoms with E-state index in [4.69, 9.17) is 14.7 Å². The number of carbonyl (C=O) groups is 1. The number of rotatable bonds is 3. The Balaban J connectivity index is 2.24. The lowest BCUT2D eigenvalue weighted by atomic mass is 10.2. The van der Waals surface area contributed by atoms with Gasteiger partial charge in [-0.05, 0) is 23.6 Å². The smallest absolute Gasteiger partial charge is 0.344 e. The highest BCUT2D eigenvalue weighted by atomic mass is 32.1. The normalized spacial score (nSPS) is 9.56. The Morgan fingerprint density at radius 2 is 2.17 bits per heavy atom. The van der Waals surface area contributed by atoms with E-state index in [1.807, 2.05) is 6.07 Å². The molecule has 0 saturated heterocycles. The van der Waals surface area contributed by atoms with Crippen molar-refractivity contribution in [2.45, 2.75) is 0 Å². The maximum absolute atomic E-state index is 11.8. The topological polar surface area (TPSA) is 59.3 Å². The van der Waals surface area contributed by atoms with Crippen LogP contribution < -0.4 is 9.47 Å². The molecule has 0 aliphatic rings. The van der Waals surface area contributed by atoms with Gasteiger partial charge in [-0.2, -0.15) is 16.6 Å². The summed E-state index contributed by atoms with van der Waals surface area (Å²) in [7, 11) is 1.46. The van der Waals surface area contributed by atoms with Crippen molar-refractivity contribution >= 4 is 17.3 Å². The third kappa shape index (κ3) is 2.50. The lowest BCUT2D eigenvalue weighted by Crippen LogP contribution is -2.08. The fraction of sp³-hybridized carbons (Fsp3) is 0.0769. The maximum Gasteiger partial charge on any atom is 0.344 e. The summed E-state index contributed by atoms with van der Waals surface area (Å²) in [6, 6.07) is 8.31. The predicted octanol–water partition coefficient (Wildman–Crippen LogP) is 2.85. The van der Waals surface area contributed by atoms with Gasteiger partial charge in [0, 0.05) is 11.4 Å². The maximum atomic E-state index is 11.8. The Morgan fingerprint density at radius 3 is 2.78 bits per heavy atom. The Labute approximate surface area is 108 Å². The molecule has 2 rings (SSSR count). The summed E-state index contributed by atoms with van der Waals surface area (Å²) in [5.41, 5.74) is 0.939. The standard InChI is InChI=1S/C13H9NO3S/c1-16-12-6-9(7-14)2-3-11(12)17-13(15)10-4-5-18-8-10/h2-6,8H,1H3. The van der Waals surface area contributed by atoms with Gasteiger partial charge >= 0.3 is 5.97 Å². The molecule has 0 saturated carbocycles. The van der Waals surface area contributed by atoms with Crippen molar-refractivity contribution in [3.05, 3.63) is 46.2 Å². The quantitative estimate of drug-likeness (QED) is 0.628. The van der Waals surface area contributed by atoms with Crippen molar-refractivity contribution in [3.8, 4) is 17.6 Å². The molecule has 1 aromatic heterocycles. The predicted molar refractivity (Wildman–Crippen MR) is 67.0 cm³/mol. The molecule has 0 aliphatic carbocycles. The third-order valence-electron chi connectivity index (χ3n) is 2.25. The van der Waals surface area contributed by atoms with Gasteiger partial charge < -0.3 is 9.47 Å². The minimum atomic E-state index is -0.445. The van der Waals surface area contributed by atoms with E-state index >= 15 is 0 Å². The van der Waals surface area contributed by atoms with Crippen LogP contribution in [-0.2, 0) is 0 Å². The molecule has 0 amide bonds. The van der Waals surface area contributed by atoms with Crippen molar-refractivity contribution in [1.82, 2.24) is 0 Å². The molecular formula is C13H9NO3S. The summed E-state index contributed by atoms with van der Waals surface area (Å²) >= 11 is 1.42. The van der Waals surface area contributed by atoms with Crippen LogP contribution in [-0.4, -0.2) is 13.1 Å². The highest BCUT2D eigenvalue weighted by Crippen LogP contribution is 2.28. The second-order valence-corrected chi connectivity index (χ2v) is 4.16. The summed E-state index contributed by atoms with van der Waals surface area (Å²) in [4.78, 5) is 11.8. The molecule has 1 aromatic carbocycles. The first-order valence-electron chi connectivity index (χ1n) is 5.07. The van der Waals surface area contributed by atoms with Crippen LogP contribution in [0.25, 0.3) is 0 Å². The number of benzene rings is 1. The third-order valence-corrected chi connectivity index (χ3v) is 2.94. The average molecular weight is 259 g/mol. The number of methoxy groups -OCH3 is 1. The van der Waals surface area contributed by atoms with E-state index in [9.17, 15) is 4.79 Å². The van der Waals surface area contributed by atoms with Crippen LogP contribution in [0, 0.1) is 11.3 Å². The molecule has 4 nitrogen and oxygen atoms in total. The summed E-state index contributed by atoms with van der Waals surface area (Å²) in [5, 5.41) is 12.3. The van der Waals surface area contributed by atoms with E-state index in [1.54, 1.807) is 29.0 Å². The molecule has 0 bridgehead atoms. The minimum absolute atomic E-state index is 0.299. The van der Waals surface area contributed by atoms with Crippen LogP contribution >= 0.6 is 11.3 Å². The molecule has 1 heterocycles. The van der Waals surface area contributed by atoms with E-state index in [2.05, 4.69) is 0 Å². The number of ether oxygens (including phenoxy) is 2. The van der Waals surface area contributed by atoms with Gasteiger partial charge in [0.15, 0.2) is 11.5 Å². The van der Waals surface area contributed by atoms with Crippen molar-refractivity contribution in [1.29, 1.82) is 5.26 Å². The molecule has 0 radical (unpaired) electrons. The molecule has 0 atom stereocenters. The molecular weight excluding hydrogens is 250 g/mol. The average Bonchev–Trinajstić information content (AvgIpc) is 2.93.